The lowest BCUT2D eigenvalue weighted by Crippen LogP contribution is -2.42. The lowest BCUT2D eigenvalue weighted by molar-refractivity contribution is 0.101. The fourth-order valence-electron chi connectivity index (χ4n) is 4.13. The van der Waals surface area contributed by atoms with Crippen LogP contribution in [-0.4, -0.2) is 18.9 Å². The van der Waals surface area contributed by atoms with Gasteiger partial charge in [-0.1, -0.05) is 25.3 Å². The van der Waals surface area contributed by atoms with Crippen LogP contribution in [0.4, 0.5) is 10.1 Å². The van der Waals surface area contributed by atoms with Gasteiger partial charge in [-0.25, -0.2) is 4.39 Å². The van der Waals surface area contributed by atoms with Crippen LogP contribution in [0.2, 0.25) is 0 Å². The molecule has 0 bridgehead atoms. The maximum Gasteiger partial charge on any atom is 0.161 e. The summed E-state index contributed by atoms with van der Waals surface area (Å²) in [5.41, 5.74) is 1.54. The van der Waals surface area contributed by atoms with Gasteiger partial charge in [-0.3, -0.25) is 4.79 Å². The highest BCUT2D eigenvalue weighted by Gasteiger charge is 2.36. The van der Waals surface area contributed by atoms with Crippen molar-refractivity contribution in [2.75, 3.05) is 18.0 Å². The summed E-state index contributed by atoms with van der Waals surface area (Å²) in [6, 6.07) is 4.83. The van der Waals surface area contributed by atoms with Crippen LogP contribution >= 0.6 is 0 Å². The number of para-hydroxylation sites is 1. The number of hydrogen-bond donors (Lipinski definition) is 0. The number of carbonyl (C=O) groups is 1. The Kier molecular flexibility index (Phi) is 4.01. The summed E-state index contributed by atoms with van der Waals surface area (Å²) in [7, 11) is 0. The SMILES string of the molecule is CC(=O)c1cccc(F)c1N1CCC2(CCCCC2)CC1. The zero-order valence-electron chi connectivity index (χ0n) is 12.8. The molecule has 2 aliphatic rings. The minimum atomic E-state index is -0.262. The van der Waals surface area contributed by atoms with E-state index in [1.165, 1.54) is 45.1 Å². The lowest BCUT2D eigenvalue weighted by Gasteiger charge is -2.45. The highest BCUT2D eigenvalue weighted by atomic mass is 19.1. The van der Waals surface area contributed by atoms with Gasteiger partial charge in [-0.15, -0.1) is 0 Å². The van der Waals surface area contributed by atoms with Crippen LogP contribution in [-0.2, 0) is 0 Å². The van der Waals surface area contributed by atoms with Crippen LogP contribution in [0, 0.1) is 11.2 Å². The van der Waals surface area contributed by atoms with E-state index in [9.17, 15) is 9.18 Å². The molecule has 0 aromatic heterocycles. The number of carbonyl (C=O) groups excluding carboxylic acids is 1. The number of Topliss-reactive ketones (excluding diaryl/α,β-unsaturated/α-hetero) is 1. The Hall–Kier alpha value is -1.38. The molecule has 0 unspecified atom stereocenters. The fraction of sp³-hybridized carbons (Fsp3) is 0.611. The number of benzene rings is 1. The minimum absolute atomic E-state index is 0.0533. The van der Waals surface area contributed by atoms with Crippen LogP contribution in [0.25, 0.3) is 0 Å². The number of rotatable bonds is 2. The van der Waals surface area contributed by atoms with Crippen LogP contribution < -0.4 is 4.90 Å². The molecule has 1 heterocycles. The summed E-state index contributed by atoms with van der Waals surface area (Å²) in [4.78, 5) is 13.9. The predicted octanol–water partition coefficient (Wildman–Crippen LogP) is 4.58. The second-order valence-corrected chi connectivity index (χ2v) is 6.74. The Balaban J connectivity index is 1.79. The summed E-state index contributed by atoms with van der Waals surface area (Å²) in [6.07, 6.45) is 9.00. The van der Waals surface area contributed by atoms with Crippen molar-refractivity contribution in [2.45, 2.75) is 51.9 Å². The van der Waals surface area contributed by atoms with E-state index >= 15 is 0 Å². The van der Waals surface area contributed by atoms with Gasteiger partial charge in [0.05, 0.1) is 5.69 Å². The molecule has 21 heavy (non-hydrogen) atoms. The molecular formula is C18H24FNO. The molecule has 3 heteroatoms. The first-order valence-electron chi connectivity index (χ1n) is 8.16. The number of piperidine rings is 1. The summed E-state index contributed by atoms with van der Waals surface area (Å²) in [5, 5.41) is 0. The van der Waals surface area contributed by atoms with Crippen LogP contribution in [0.3, 0.4) is 0 Å². The number of nitrogens with zero attached hydrogens (tertiary/aromatic N) is 1. The molecule has 2 nitrogen and oxygen atoms in total. The van der Waals surface area contributed by atoms with Gasteiger partial charge in [0.15, 0.2) is 5.78 Å². The predicted molar refractivity (Wildman–Crippen MR) is 83.4 cm³/mol. The van der Waals surface area contributed by atoms with Crippen molar-refractivity contribution >= 4 is 11.5 Å². The average molecular weight is 289 g/mol. The zero-order valence-corrected chi connectivity index (χ0v) is 12.8. The molecule has 0 N–H and O–H groups in total. The van der Waals surface area contributed by atoms with Crippen molar-refractivity contribution in [1.82, 2.24) is 0 Å². The molecule has 0 amide bonds. The van der Waals surface area contributed by atoms with Gasteiger partial charge in [-0.05, 0) is 50.2 Å². The topological polar surface area (TPSA) is 20.3 Å². The molecule has 0 radical (unpaired) electrons. The summed E-state index contributed by atoms with van der Waals surface area (Å²) < 4.78 is 14.2. The first-order chi connectivity index (χ1) is 10.1. The third-order valence-corrected chi connectivity index (χ3v) is 5.42. The largest absolute Gasteiger partial charge is 0.369 e. The van der Waals surface area contributed by atoms with Crippen molar-refractivity contribution in [3.8, 4) is 0 Å². The number of halogens is 1. The van der Waals surface area contributed by atoms with Crippen LogP contribution in [0.5, 0.6) is 0 Å². The number of ketones is 1. The zero-order chi connectivity index (χ0) is 14.9. The van der Waals surface area contributed by atoms with Crippen LogP contribution in [0.1, 0.15) is 62.2 Å². The van der Waals surface area contributed by atoms with E-state index in [0.717, 1.165) is 25.9 Å². The molecular weight excluding hydrogens is 265 g/mol. The second-order valence-electron chi connectivity index (χ2n) is 6.74. The van der Waals surface area contributed by atoms with Crippen LogP contribution in [0.15, 0.2) is 18.2 Å². The van der Waals surface area contributed by atoms with Gasteiger partial charge < -0.3 is 4.90 Å². The van der Waals surface area contributed by atoms with Gasteiger partial charge in [0.2, 0.25) is 0 Å². The Bertz CT molecular complexity index is 524. The third kappa shape index (κ3) is 2.83. The minimum Gasteiger partial charge on any atom is -0.369 e. The van der Waals surface area contributed by atoms with Crippen molar-refractivity contribution < 1.29 is 9.18 Å². The average Bonchev–Trinajstić information content (AvgIpc) is 2.49. The van der Waals surface area contributed by atoms with Crippen molar-refractivity contribution in [2.24, 2.45) is 5.41 Å². The van der Waals surface area contributed by atoms with E-state index in [4.69, 9.17) is 0 Å². The Morgan fingerprint density at radius 3 is 2.38 bits per heavy atom. The molecule has 2 fully saturated rings. The lowest BCUT2D eigenvalue weighted by atomic mass is 9.68. The molecule has 1 aliphatic carbocycles. The molecule has 1 spiro atoms. The molecule has 1 aromatic rings. The summed E-state index contributed by atoms with van der Waals surface area (Å²) >= 11 is 0. The molecule has 114 valence electrons. The van der Waals surface area contributed by atoms with E-state index < -0.39 is 0 Å². The Labute approximate surface area is 126 Å². The third-order valence-electron chi connectivity index (χ3n) is 5.42. The smallest absolute Gasteiger partial charge is 0.161 e. The van der Waals surface area contributed by atoms with E-state index in [1.807, 2.05) is 0 Å². The van der Waals surface area contributed by atoms with E-state index in [1.54, 1.807) is 12.1 Å². The number of anilines is 1. The van der Waals surface area contributed by atoms with E-state index in [0.29, 0.717) is 16.7 Å². The van der Waals surface area contributed by atoms with Gasteiger partial charge in [0.25, 0.3) is 0 Å². The van der Waals surface area contributed by atoms with Gasteiger partial charge >= 0.3 is 0 Å². The first-order valence-corrected chi connectivity index (χ1v) is 8.16. The Morgan fingerprint density at radius 1 is 1.10 bits per heavy atom. The Morgan fingerprint density at radius 2 is 1.76 bits per heavy atom. The molecule has 1 aromatic carbocycles. The van der Waals surface area contributed by atoms with Crippen molar-refractivity contribution in [3.63, 3.8) is 0 Å². The molecule has 0 atom stereocenters. The number of hydrogen-bond acceptors (Lipinski definition) is 2. The van der Waals surface area contributed by atoms with Gasteiger partial charge in [0.1, 0.15) is 5.82 Å². The monoisotopic (exact) mass is 289 g/mol. The highest BCUT2D eigenvalue weighted by Crippen LogP contribution is 2.45. The maximum absolute atomic E-state index is 14.2. The standard InChI is InChI=1S/C18H24FNO/c1-14(21)15-6-5-7-16(19)17(15)20-12-10-18(11-13-20)8-3-2-4-9-18/h5-7H,2-4,8-13H2,1H3. The van der Waals surface area contributed by atoms with E-state index in [-0.39, 0.29) is 11.6 Å². The second kappa shape index (κ2) is 5.78. The summed E-state index contributed by atoms with van der Waals surface area (Å²) in [6.45, 7) is 3.27. The maximum atomic E-state index is 14.2. The van der Waals surface area contributed by atoms with Crippen molar-refractivity contribution in [3.05, 3.63) is 29.6 Å². The first kappa shape index (κ1) is 14.6. The van der Waals surface area contributed by atoms with E-state index in [2.05, 4.69) is 4.90 Å². The van der Waals surface area contributed by atoms with Gasteiger partial charge in [0, 0.05) is 18.7 Å². The summed E-state index contributed by atoms with van der Waals surface area (Å²) in [5.74, 6) is -0.315. The quantitative estimate of drug-likeness (QED) is 0.743. The van der Waals surface area contributed by atoms with Gasteiger partial charge in [-0.2, -0.15) is 0 Å². The van der Waals surface area contributed by atoms with Crippen molar-refractivity contribution in [1.29, 1.82) is 0 Å². The fourth-order valence-corrected chi connectivity index (χ4v) is 4.13. The highest BCUT2D eigenvalue weighted by molar-refractivity contribution is 5.99. The normalized spacial score (nSPS) is 21.5. The molecule has 1 saturated heterocycles. The molecule has 1 aliphatic heterocycles. The molecule has 1 saturated carbocycles. The molecule has 3 rings (SSSR count).